The second-order valence-corrected chi connectivity index (χ2v) is 17.7. The van der Waals surface area contributed by atoms with E-state index in [0.29, 0.717) is 0 Å². The van der Waals surface area contributed by atoms with Gasteiger partial charge in [-0.2, -0.15) is 0 Å². The molecule has 0 saturated carbocycles. The predicted octanol–water partition coefficient (Wildman–Crippen LogP) is 16.7. The highest BCUT2D eigenvalue weighted by atomic mass is 16.3. The Labute approximate surface area is 370 Å². The van der Waals surface area contributed by atoms with E-state index < -0.39 is 0 Å². The Morgan fingerprint density at radius 2 is 1.09 bits per heavy atom. The van der Waals surface area contributed by atoms with E-state index in [1.54, 1.807) is 0 Å². The lowest BCUT2D eigenvalue weighted by Gasteiger charge is -2.32. The van der Waals surface area contributed by atoms with E-state index in [4.69, 9.17) is 13.8 Å². The molecule has 4 heterocycles. The molecule has 1 aliphatic rings. The Kier molecular flexibility index (Phi) is 8.33. The minimum Gasteiger partial charge on any atom is -0.456 e. The van der Waals surface area contributed by atoms with Crippen LogP contribution in [0.4, 0.5) is 0 Å². The van der Waals surface area contributed by atoms with Crippen LogP contribution in [0.5, 0.6) is 0 Å². The second kappa shape index (κ2) is 14.4. The Hall–Kier alpha value is -7.69. The van der Waals surface area contributed by atoms with Gasteiger partial charge in [0.25, 0.3) is 0 Å². The van der Waals surface area contributed by atoms with E-state index in [1.165, 1.54) is 54.5 Å². The molecule has 2 unspecified atom stereocenters. The van der Waals surface area contributed by atoms with Crippen LogP contribution in [0.25, 0.3) is 98.6 Å². The molecule has 1 aliphatic heterocycles. The number of hydrogen-bond acceptors (Lipinski definition) is 3. The summed E-state index contributed by atoms with van der Waals surface area (Å²) in [5.74, 6) is 0.260. The molecule has 13 rings (SSSR count). The van der Waals surface area contributed by atoms with Crippen LogP contribution in [0.2, 0.25) is 0 Å². The molecule has 306 valence electrons. The maximum Gasteiger partial charge on any atom is 0.159 e. The first-order chi connectivity index (χ1) is 31.6. The zero-order chi connectivity index (χ0) is 42.5. The van der Waals surface area contributed by atoms with Crippen molar-refractivity contribution in [2.24, 2.45) is 10.9 Å². The Bertz CT molecular complexity index is 3820. The van der Waals surface area contributed by atoms with Gasteiger partial charge in [0.1, 0.15) is 16.7 Å². The predicted molar refractivity (Wildman–Crippen MR) is 268 cm³/mol. The molecule has 0 fully saturated rings. The quantitative estimate of drug-likeness (QED) is 0.173. The van der Waals surface area contributed by atoms with Gasteiger partial charge in [0.2, 0.25) is 0 Å². The zero-order valence-electron chi connectivity index (χ0n) is 35.8. The van der Waals surface area contributed by atoms with Crippen LogP contribution in [0.3, 0.4) is 0 Å². The van der Waals surface area contributed by atoms with Crippen molar-refractivity contribution in [1.82, 2.24) is 4.57 Å². The lowest BCUT2D eigenvalue weighted by atomic mass is 9.75. The van der Waals surface area contributed by atoms with Crippen molar-refractivity contribution >= 4 is 98.6 Å². The molecule has 4 nitrogen and oxygen atoms in total. The van der Waals surface area contributed by atoms with Crippen LogP contribution in [-0.4, -0.2) is 10.3 Å². The summed E-state index contributed by atoms with van der Waals surface area (Å²) in [6.07, 6.45) is 2.82. The molecule has 0 saturated heterocycles. The third-order valence-corrected chi connectivity index (χ3v) is 14.1. The number of allylic oxidation sites excluding steroid dienone is 1. The molecule has 0 bridgehead atoms. The fourth-order valence-corrected chi connectivity index (χ4v) is 11.0. The van der Waals surface area contributed by atoms with Gasteiger partial charge in [-0.1, -0.05) is 122 Å². The molecule has 0 aliphatic carbocycles. The van der Waals surface area contributed by atoms with Crippen molar-refractivity contribution in [3.8, 4) is 5.69 Å². The van der Waals surface area contributed by atoms with E-state index in [0.717, 1.165) is 91.4 Å². The van der Waals surface area contributed by atoms with E-state index in [-0.39, 0.29) is 11.8 Å². The second-order valence-electron chi connectivity index (χ2n) is 17.7. The summed E-state index contributed by atoms with van der Waals surface area (Å²) in [5, 5.41) is 11.9. The summed E-state index contributed by atoms with van der Waals surface area (Å²) in [6.45, 7) is 4.62. The fraction of sp³-hybridized carbons (Fsp3) is 0.117. The van der Waals surface area contributed by atoms with E-state index in [9.17, 15) is 0 Å². The summed E-state index contributed by atoms with van der Waals surface area (Å²) in [7, 11) is 0. The topological polar surface area (TPSA) is 43.6 Å². The molecule has 0 N–H and O–H groups in total. The molecule has 0 spiro atoms. The van der Waals surface area contributed by atoms with Gasteiger partial charge >= 0.3 is 0 Å². The van der Waals surface area contributed by atoms with Crippen molar-refractivity contribution in [1.29, 1.82) is 0 Å². The zero-order valence-corrected chi connectivity index (χ0v) is 35.8. The summed E-state index contributed by atoms with van der Waals surface area (Å²) in [6, 6.07) is 66.2. The van der Waals surface area contributed by atoms with Crippen molar-refractivity contribution in [2.45, 2.75) is 39.0 Å². The van der Waals surface area contributed by atoms with Gasteiger partial charge in [0, 0.05) is 43.8 Å². The monoisotopic (exact) mass is 824 g/mol. The fourth-order valence-electron chi connectivity index (χ4n) is 11.0. The Morgan fingerprint density at radius 3 is 1.77 bits per heavy atom. The highest BCUT2D eigenvalue weighted by Gasteiger charge is 2.32. The summed E-state index contributed by atoms with van der Waals surface area (Å²) < 4.78 is 15.8. The minimum absolute atomic E-state index is 0.108. The summed E-state index contributed by atoms with van der Waals surface area (Å²) in [5.41, 5.74) is 14.1. The van der Waals surface area contributed by atoms with Crippen LogP contribution in [0.15, 0.2) is 201 Å². The molecule has 64 heavy (non-hydrogen) atoms. The number of rotatable bonds is 5. The van der Waals surface area contributed by atoms with Crippen LogP contribution in [0.1, 0.15) is 55.7 Å². The SMILES string of the molecule is CCC1/C(c2ccc3oc4ccccc4c3c2)=N\C(c2ccccc2)=C(/C)CCC1c1cc(-n2c3cc4ccccc4cc3c3cc4ccccc4cc32)c2oc3ccccc3c2c1. The highest BCUT2D eigenvalue weighted by Crippen LogP contribution is 2.46. The number of benzene rings is 9. The van der Waals surface area contributed by atoms with E-state index in [1.807, 2.05) is 6.07 Å². The molecule has 4 heteroatoms. The van der Waals surface area contributed by atoms with Crippen LogP contribution < -0.4 is 0 Å². The number of furan rings is 2. The molecule has 0 amide bonds. The van der Waals surface area contributed by atoms with Crippen molar-refractivity contribution < 1.29 is 8.83 Å². The van der Waals surface area contributed by atoms with Gasteiger partial charge < -0.3 is 13.4 Å². The Balaban J connectivity index is 1.09. The third kappa shape index (κ3) is 5.72. The first-order valence-corrected chi connectivity index (χ1v) is 22.6. The van der Waals surface area contributed by atoms with Crippen molar-refractivity contribution in [2.75, 3.05) is 0 Å². The average Bonchev–Trinajstić information content (AvgIpc) is 4.00. The van der Waals surface area contributed by atoms with Crippen molar-refractivity contribution in [3.05, 3.63) is 204 Å². The highest BCUT2D eigenvalue weighted by molar-refractivity contribution is 6.18. The van der Waals surface area contributed by atoms with Gasteiger partial charge in [-0.15, -0.1) is 0 Å². The number of hydrogen-bond donors (Lipinski definition) is 0. The Morgan fingerprint density at radius 1 is 0.516 bits per heavy atom. The first kappa shape index (κ1) is 36.9. The number of aliphatic imine (C=N–C) groups is 1. The molecule has 12 aromatic rings. The van der Waals surface area contributed by atoms with Gasteiger partial charge in [0.15, 0.2) is 5.58 Å². The summed E-state index contributed by atoms with van der Waals surface area (Å²) in [4.78, 5) is 5.81. The van der Waals surface area contributed by atoms with Crippen LogP contribution >= 0.6 is 0 Å². The number of nitrogens with zero attached hydrogens (tertiary/aromatic N) is 2. The molecular formula is C60H44N2O2. The number of para-hydroxylation sites is 2. The van der Waals surface area contributed by atoms with Gasteiger partial charge in [-0.05, 0) is 137 Å². The average molecular weight is 825 g/mol. The molecule has 0 radical (unpaired) electrons. The number of fused-ring (bicyclic) bond motifs is 11. The maximum absolute atomic E-state index is 7.00. The third-order valence-electron chi connectivity index (χ3n) is 14.1. The maximum atomic E-state index is 7.00. The molecule has 9 aromatic carbocycles. The van der Waals surface area contributed by atoms with Crippen LogP contribution in [-0.2, 0) is 0 Å². The van der Waals surface area contributed by atoms with Crippen LogP contribution in [0, 0.1) is 5.92 Å². The van der Waals surface area contributed by atoms with Crippen molar-refractivity contribution in [3.63, 3.8) is 0 Å². The normalized spacial score (nSPS) is 18.2. The van der Waals surface area contributed by atoms with E-state index in [2.05, 4.69) is 194 Å². The first-order valence-electron chi connectivity index (χ1n) is 22.6. The largest absolute Gasteiger partial charge is 0.456 e. The van der Waals surface area contributed by atoms with Gasteiger partial charge in [-0.25, -0.2) is 0 Å². The molecule has 3 aromatic heterocycles. The van der Waals surface area contributed by atoms with Gasteiger partial charge in [0.05, 0.1) is 28.1 Å². The lowest BCUT2D eigenvalue weighted by molar-refractivity contribution is 0.486. The smallest absolute Gasteiger partial charge is 0.159 e. The molecule has 2 atom stereocenters. The number of aromatic nitrogens is 1. The summed E-state index contributed by atoms with van der Waals surface area (Å²) >= 11 is 0. The van der Waals surface area contributed by atoms with E-state index >= 15 is 0 Å². The minimum atomic E-state index is 0.108. The van der Waals surface area contributed by atoms with Gasteiger partial charge in [-0.3, -0.25) is 4.99 Å². The lowest BCUT2D eigenvalue weighted by Crippen LogP contribution is -2.25. The standard InChI is InChI=1S/C60H44N2O2/c1-3-44-45(27-25-36(2)58(37-15-5-4-6-16-37)61-59(44)42-26-28-57-50(31-42)46-21-11-13-23-55(46)63-57)43-32-51-47-22-12-14-24-56(47)64-60(51)54(35-43)62-52-33-40-19-9-7-17-38(40)29-48(52)49-30-39-18-8-10-20-41(39)34-53(49)62/h4-24,26,28-35,44-45H,3,25,27H2,1-2H3/b58-36+,61-59-. The molecular weight excluding hydrogens is 781 g/mol.